The highest BCUT2D eigenvalue weighted by molar-refractivity contribution is 5.91. The second kappa shape index (κ2) is 9.14. The predicted molar refractivity (Wildman–Crippen MR) is 124 cm³/mol. The van der Waals surface area contributed by atoms with Crippen molar-refractivity contribution in [1.82, 2.24) is 14.7 Å². The third kappa shape index (κ3) is 4.44. The van der Waals surface area contributed by atoms with Gasteiger partial charge >= 0.3 is 0 Å². The first-order valence-corrected chi connectivity index (χ1v) is 10.6. The molecule has 0 spiro atoms. The average Bonchev–Trinajstić information content (AvgIpc) is 3.41. The van der Waals surface area contributed by atoms with E-state index in [1.165, 1.54) is 6.26 Å². The lowest BCUT2D eigenvalue weighted by Crippen LogP contribution is -2.36. The Hall–Kier alpha value is -3.80. The van der Waals surface area contributed by atoms with Crippen molar-refractivity contribution in [2.75, 3.05) is 0 Å². The van der Waals surface area contributed by atoms with E-state index in [1.807, 2.05) is 82.4 Å². The molecule has 32 heavy (non-hydrogen) atoms. The highest BCUT2D eigenvalue weighted by Crippen LogP contribution is 2.35. The summed E-state index contributed by atoms with van der Waals surface area (Å²) in [7, 11) is 1.86. The zero-order valence-electron chi connectivity index (χ0n) is 18.8. The van der Waals surface area contributed by atoms with Crippen molar-refractivity contribution < 1.29 is 13.9 Å². The van der Waals surface area contributed by atoms with E-state index in [9.17, 15) is 4.79 Å². The molecule has 0 unspecified atom stereocenters. The van der Waals surface area contributed by atoms with Gasteiger partial charge in [-0.05, 0) is 50.6 Å². The van der Waals surface area contributed by atoms with E-state index in [0.717, 1.165) is 28.1 Å². The van der Waals surface area contributed by atoms with Gasteiger partial charge < -0.3 is 14.1 Å². The van der Waals surface area contributed by atoms with Gasteiger partial charge in [-0.25, -0.2) is 4.68 Å². The van der Waals surface area contributed by atoms with Crippen LogP contribution in [0.25, 0.3) is 11.3 Å². The Balaban J connectivity index is 1.79. The van der Waals surface area contributed by atoms with E-state index in [4.69, 9.17) is 14.3 Å². The predicted octanol–water partition coefficient (Wildman–Crippen LogP) is 5.83. The fourth-order valence-electron chi connectivity index (χ4n) is 3.64. The number of carbonyl (C=O) groups is 1. The summed E-state index contributed by atoms with van der Waals surface area (Å²) in [6, 6.07) is 21.2. The molecule has 2 heterocycles. The van der Waals surface area contributed by atoms with E-state index in [2.05, 4.69) is 0 Å². The fourth-order valence-corrected chi connectivity index (χ4v) is 3.64. The van der Waals surface area contributed by atoms with E-state index >= 15 is 0 Å². The lowest BCUT2D eigenvalue weighted by atomic mass is 10.1. The molecule has 6 heteroatoms. The first kappa shape index (κ1) is 21.4. The highest BCUT2D eigenvalue weighted by atomic mass is 16.5. The monoisotopic (exact) mass is 429 g/mol. The van der Waals surface area contributed by atoms with Crippen molar-refractivity contribution in [2.45, 2.75) is 33.4 Å². The molecule has 4 aromatic rings. The third-order valence-corrected chi connectivity index (χ3v) is 5.28. The van der Waals surface area contributed by atoms with Gasteiger partial charge in [-0.1, -0.05) is 42.5 Å². The van der Waals surface area contributed by atoms with Gasteiger partial charge in [0, 0.05) is 18.7 Å². The number of aromatic nitrogens is 2. The maximum absolute atomic E-state index is 13.2. The summed E-state index contributed by atoms with van der Waals surface area (Å²) in [6.45, 7) is 6.33. The van der Waals surface area contributed by atoms with Crippen molar-refractivity contribution in [3.63, 3.8) is 0 Å². The summed E-state index contributed by atoms with van der Waals surface area (Å²) in [5.74, 6) is 1.47. The van der Waals surface area contributed by atoms with Crippen molar-refractivity contribution in [2.24, 2.45) is 7.05 Å². The zero-order chi connectivity index (χ0) is 22.7. The molecule has 0 aliphatic carbocycles. The summed E-state index contributed by atoms with van der Waals surface area (Å²) in [6.07, 6.45) is 1.51. The van der Waals surface area contributed by atoms with Crippen LogP contribution < -0.4 is 4.74 Å². The average molecular weight is 430 g/mol. The Kier molecular flexibility index (Phi) is 6.12. The molecule has 0 fully saturated rings. The van der Waals surface area contributed by atoms with Crippen molar-refractivity contribution in [3.05, 3.63) is 89.9 Å². The molecular weight excluding hydrogens is 402 g/mol. The molecule has 2 aromatic carbocycles. The van der Waals surface area contributed by atoms with Crippen LogP contribution in [-0.4, -0.2) is 26.6 Å². The van der Waals surface area contributed by atoms with Gasteiger partial charge in [0.1, 0.15) is 11.4 Å². The maximum Gasteiger partial charge on any atom is 0.290 e. The van der Waals surface area contributed by atoms with E-state index in [0.29, 0.717) is 18.2 Å². The SMILES string of the molecule is Cc1cccc(Oc2c(CN(C(=O)c3ccco3)C(C)C)c(-c3ccccc3)nn2C)c1. The maximum atomic E-state index is 13.2. The van der Waals surface area contributed by atoms with Crippen molar-refractivity contribution >= 4 is 5.91 Å². The number of furan rings is 1. The fraction of sp³-hybridized carbons (Fsp3) is 0.231. The smallest absolute Gasteiger partial charge is 0.290 e. The van der Waals surface area contributed by atoms with Crippen LogP contribution in [0, 0.1) is 6.92 Å². The second-order valence-corrected chi connectivity index (χ2v) is 8.04. The van der Waals surface area contributed by atoms with Crippen LogP contribution in [0.2, 0.25) is 0 Å². The number of nitrogens with zero attached hydrogens (tertiary/aromatic N) is 3. The van der Waals surface area contributed by atoms with E-state index in [-0.39, 0.29) is 11.9 Å². The molecule has 6 nitrogen and oxygen atoms in total. The number of benzene rings is 2. The van der Waals surface area contributed by atoms with Gasteiger partial charge in [0.2, 0.25) is 5.88 Å². The Morgan fingerprint density at radius 3 is 2.53 bits per heavy atom. The first-order valence-electron chi connectivity index (χ1n) is 10.6. The molecule has 0 atom stereocenters. The van der Waals surface area contributed by atoms with Crippen LogP contribution in [0.3, 0.4) is 0 Å². The Morgan fingerprint density at radius 2 is 1.88 bits per heavy atom. The number of rotatable bonds is 7. The molecule has 4 rings (SSSR count). The van der Waals surface area contributed by atoms with Gasteiger partial charge in [-0.3, -0.25) is 4.79 Å². The number of aryl methyl sites for hydroxylation is 2. The molecule has 164 valence electrons. The topological polar surface area (TPSA) is 60.5 Å². The van der Waals surface area contributed by atoms with Gasteiger partial charge in [0.15, 0.2) is 5.76 Å². The van der Waals surface area contributed by atoms with Crippen LogP contribution in [0.4, 0.5) is 0 Å². The van der Waals surface area contributed by atoms with Crippen LogP contribution in [0.1, 0.15) is 35.5 Å². The molecule has 0 aliphatic rings. The third-order valence-electron chi connectivity index (χ3n) is 5.28. The number of ether oxygens (including phenoxy) is 1. The summed E-state index contributed by atoms with van der Waals surface area (Å²) < 4.78 is 13.4. The number of hydrogen-bond donors (Lipinski definition) is 0. The lowest BCUT2D eigenvalue weighted by molar-refractivity contribution is 0.0656. The van der Waals surface area contributed by atoms with Crippen molar-refractivity contribution in [1.29, 1.82) is 0 Å². The summed E-state index contributed by atoms with van der Waals surface area (Å²) in [4.78, 5) is 15.0. The number of carbonyl (C=O) groups excluding carboxylic acids is 1. The zero-order valence-corrected chi connectivity index (χ0v) is 18.8. The normalized spacial score (nSPS) is 11.0. The largest absolute Gasteiger partial charge is 0.459 e. The van der Waals surface area contributed by atoms with Crippen LogP contribution in [-0.2, 0) is 13.6 Å². The highest BCUT2D eigenvalue weighted by Gasteiger charge is 2.27. The molecule has 0 bridgehead atoms. The van der Waals surface area contributed by atoms with Crippen LogP contribution in [0.15, 0.2) is 77.4 Å². The van der Waals surface area contributed by atoms with Gasteiger partial charge in [0.05, 0.1) is 18.4 Å². The molecule has 0 radical (unpaired) electrons. The standard InChI is InChI=1S/C26H27N3O3/c1-18(2)29(25(30)23-14-9-15-31-23)17-22-24(20-11-6-5-7-12-20)27-28(4)26(22)32-21-13-8-10-19(3)16-21/h5-16,18H,17H2,1-4H3. The lowest BCUT2D eigenvalue weighted by Gasteiger charge is -2.26. The summed E-state index contributed by atoms with van der Waals surface area (Å²) >= 11 is 0. The molecule has 0 saturated carbocycles. The molecule has 2 aromatic heterocycles. The minimum Gasteiger partial charge on any atom is -0.459 e. The Morgan fingerprint density at radius 1 is 1.09 bits per heavy atom. The summed E-state index contributed by atoms with van der Waals surface area (Å²) in [5, 5.41) is 4.76. The minimum absolute atomic E-state index is 0.0525. The van der Waals surface area contributed by atoms with Crippen LogP contribution in [0.5, 0.6) is 11.6 Å². The number of amides is 1. The summed E-state index contributed by atoms with van der Waals surface area (Å²) in [5.41, 5.74) is 3.69. The quantitative estimate of drug-likeness (QED) is 0.371. The molecule has 0 aliphatic heterocycles. The van der Waals surface area contributed by atoms with Gasteiger partial charge in [0.25, 0.3) is 5.91 Å². The first-order chi connectivity index (χ1) is 15.4. The van der Waals surface area contributed by atoms with Gasteiger partial charge in [-0.15, -0.1) is 0 Å². The Labute approximate surface area is 188 Å². The number of hydrogen-bond acceptors (Lipinski definition) is 4. The molecular formula is C26H27N3O3. The Bertz CT molecular complexity index is 1190. The molecule has 0 N–H and O–H groups in total. The van der Waals surface area contributed by atoms with Crippen LogP contribution >= 0.6 is 0 Å². The minimum atomic E-state index is -0.172. The van der Waals surface area contributed by atoms with Gasteiger partial charge in [-0.2, -0.15) is 5.10 Å². The molecule has 0 saturated heterocycles. The van der Waals surface area contributed by atoms with Crippen molar-refractivity contribution in [3.8, 4) is 22.9 Å². The molecule has 1 amide bonds. The van der Waals surface area contributed by atoms with E-state index in [1.54, 1.807) is 21.7 Å². The second-order valence-electron chi connectivity index (χ2n) is 8.04. The van der Waals surface area contributed by atoms with E-state index < -0.39 is 0 Å².